The summed E-state index contributed by atoms with van der Waals surface area (Å²) in [5.74, 6) is 2.47. The molecule has 0 spiro atoms. The first kappa shape index (κ1) is 13.2. The molecule has 0 fully saturated rings. The van der Waals surface area contributed by atoms with E-state index in [4.69, 9.17) is 15.9 Å². The Hall–Kier alpha value is -0.820. The summed E-state index contributed by atoms with van der Waals surface area (Å²) in [7, 11) is 0. The van der Waals surface area contributed by atoms with Gasteiger partial charge >= 0.3 is 0 Å². The summed E-state index contributed by atoms with van der Waals surface area (Å²) in [6.07, 6.45) is 6.19. The molecule has 0 aliphatic rings. The van der Waals surface area contributed by atoms with E-state index in [-0.39, 0.29) is 13.2 Å². The lowest BCUT2D eigenvalue weighted by Crippen LogP contribution is -2.30. The molecule has 0 saturated heterocycles. The SMILES string of the molecule is C#CC(C)(C)OCC(O)COCC=C. The molecule has 1 N–H and O–H groups in total. The highest BCUT2D eigenvalue weighted by molar-refractivity contribution is 5.02. The average molecular weight is 198 g/mol. The van der Waals surface area contributed by atoms with Crippen LogP contribution in [-0.4, -0.2) is 36.6 Å². The first-order chi connectivity index (χ1) is 6.52. The molecule has 0 bridgehead atoms. The molecule has 0 saturated carbocycles. The van der Waals surface area contributed by atoms with Gasteiger partial charge in [0.2, 0.25) is 0 Å². The van der Waals surface area contributed by atoms with Gasteiger partial charge in [0.1, 0.15) is 11.7 Å². The van der Waals surface area contributed by atoms with E-state index < -0.39 is 11.7 Å². The molecule has 0 radical (unpaired) electrons. The Morgan fingerprint density at radius 2 is 2.21 bits per heavy atom. The Labute approximate surface area is 85.7 Å². The van der Waals surface area contributed by atoms with Gasteiger partial charge in [0.05, 0.1) is 19.8 Å². The first-order valence-corrected chi connectivity index (χ1v) is 4.50. The van der Waals surface area contributed by atoms with Crippen LogP contribution in [0.15, 0.2) is 12.7 Å². The fourth-order valence-corrected chi connectivity index (χ4v) is 0.682. The normalized spacial score (nSPS) is 13.3. The second-order valence-corrected chi connectivity index (χ2v) is 3.45. The fourth-order valence-electron chi connectivity index (χ4n) is 0.682. The smallest absolute Gasteiger partial charge is 0.122 e. The van der Waals surface area contributed by atoms with Gasteiger partial charge in [-0.3, -0.25) is 0 Å². The van der Waals surface area contributed by atoms with Crippen LogP contribution >= 0.6 is 0 Å². The van der Waals surface area contributed by atoms with E-state index in [2.05, 4.69) is 12.5 Å². The third kappa shape index (κ3) is 6.67. The maximum Gasteiger partial charge on any atom is 0.122 e. The van der Waals surface area contributed by atoms with E-state index in [1.807, 2.05) is 0 Å². The molecule has 0 rings (SSSR count). The molecule has 1 unspecified atom stereocenters. The Morgan fingerprint density at radius 3 is 2.71 bits per heavy atom. The van der Waals surface area contributed by atoms with Crippen molar-refractivity contribution in [1.82, 2.24) is 0 Å². The van der Waals surface area contributed by atoms with Crippen molar-refractivity contribution in [3.05, 3.63) is 12.7 Å². The molecule has 0 amide bonds. The van der Waals surface area contributed by atoms with Crippen molar-refractivity contribution >= 4 is 0 Å². The zero-order valence-corrected chi connectivity index (χ0v) is 8.82. The van der Waals surface area contributed by atoms with Crippen LogP contribution in [0.2, 0.25) is 0 Å². The molecule has 0 aromatic heterocycles. The first-order valence-electron chi connectivity index (χ1n) is 4.50. The number of terminal acetylenes is 1. The summed E-state index contributed by atoms with van der Waals surface area (Å²) in [5.41, 5.74) is -0.639. The lowest BCUT2D eigenvalue weighted by molar-refractivity contribution is -0.0535. The fraction of sp³-hybridized carbons (Fsp3) is 0.636. The van der Waals surface area contributed by atoms with Crippen LogP contribution in [0.4, 0.5) is 0 Å². The molecule has 3 nitrogen and oxygen atoms in total. The Morgan fingerprint density at radius 1 is 1.57 bits per heavy atom. The van der Waals surface area contributed by atoms with Crippen LogP contribution in [-0.2, 0) is 9.47 Å². The standard InChI is InChI=1S/C11H18O3/c1-5-7-13-8-10(12)9-14-11(3,4)6-2/h2,5,10,12H,1,7-9H2,3-4H3. The Bertz CT molecular complexity index is 203. The van der Waals surface area contributed by atoms with Gasteiger partial charge in [-0.15, -0.1) is 13.0 Å². The highest BCUT2D eigenvalue weighted by Crippen LogP contribution is 2.07. The quantitative estimate of drug-likeness (QED) is 0.376. The van der Waals surface area contributed by atoms with Gasteiger partial charge in [-0.2, -0.15) is 0 Å². The second-order valence-electron chi connectivity index (χ2n) is 3.45. The van der Waals surface area contributed by atoms with E-state index in [1.165, 1.54) is 0 Å². The van der Waals surface area contributed by atoms with Crippen molar-refractivity contribution in [2.75, 3.05) is 19.8 Å². The van der Waals surface area contributed by atoms with Gasteiger partial charge in [0.25, 0.3) is 0 Å². The van der Waals surface area contributed by atoms with Crippen LogP contribution < -0.4 is 0 Å². The summed E-state index contributed by atoms with van der Waals surface area (Å²) >= 11 is 0. The Balaban J connectivity index is 3.59. The van der Waals surface area contributed by atoms with Crippen molar-refractivity contribution in [2.24, 2.45) is 0 Å². The molecule has 0 aromatic rings. The van der Waals surface area contributed by atoms with E-state index in [1.54, 1.807) is 19.9 Å². The van der Waals surface area contributed by atoms with Crippen LogP contribution in [0.25, 0.3) is 0 Å². The number of rotatable bonds is 7. The molecule has 0 aromatic carbocycles. The van der Waals surface area contributed by atoms with Gasteiger partial charge in [0.15, 0.2) is 0 Å². The minimum absolute atomic E-state index is 0.175. The molecule has 80 valence electrons. The zero-order valence-electron chi connectivity index (χ0n) is 8.82. The Kier molecular flexibility index (Phi) is 6.22. The predicted molar refractivity (Wildman–Crippen MR) is 55.9 cm³/mol. The molecular formula is C11H18O3. The third-order valence-corrected chi connectivity index (χ3v) is 1.53. The minimum atomic E-state index is -0.650. The predicted octanol–water partition coefficient (Wildman–Crippen LogP) is 0.978. The zero-order chi connectivity index (χ0) is 11.0. The van der Waals surface area contributed by atoms with E-state index in [9.17, 15) is 5.11 Å². The van der Waals surface area contributed by atoms with Crippen LogP contribution in [0, 0.1) is 12.3 Å². The van der Waals surface area contributed by atoms with Gasteiger partial charge in [-0.25, -0.2) is 0 Å². The topological polar surface area (TPSA) is 38.7 Å². The largest absolute Gasteiger partial charge is 0.388 e. The highest BCUT2D eigenvalue weighted by Gasteiger charge is 2.16. The van der Waals surface area contributed by atoms with E-state index >= 15 is 0 Å². The summed E-state index contributed by atoms with van der Waals surface area (Å²) in [6, 6.07) is 0. The van der Waals surface area contributed by atoms with Crippen LogP contribution in [0.1, 0.15) is 13.8 Å². The lowest BCUT2D eigenvalue weighted by Gasteiger charge is -2.20. The summed E-state index contributed by atoms with van der Waals surface area (Å²) < 4.78 is 10.3. The lowest BCUT2D eigenvalue weighted by atomic mass is 10.1. The molecule has 0 aliphatic heterocycles. The maximum absolute atomic E-state index is 9.38. The van der Waals surface area contributed by atoms with E-state index in [0.717, 1.165) is 0 Å². The van der Waals surface area contributed by atoms with Crippen molar-refractivity contribution in [3.63, 3.8) is 0 Å². The average Bonchev–Trinajstić information content (AvgIpc) is 2.16. The summed E-state index contributed by atoms with van der Waals surface area (Å²) in [5, 5.41) is 9.38. The number of aliphatic hydroxyl groups excluding tert-OH is 1. The number of aliphatic hydroxyl groups is 1. The summed E-state index contributed by atoms with van der Waals surface area (Å²) in [4.78, 5) is 0. The van der Waals surface area contributed by atoms with Crippen molar-refractivity contribution in [1.29, 1.82) is 0 Å². The third-order valence-electron chi connectivity index (χ3n) is 1.53. The maximum atomic E-state index is 9.38. The van der Waals surface area contributed by atoms with Crippen molar-refractivity contribution in [2.45, 2.75) is 25.6 Å². The molecule has 0 aliphatic carbocycles. The number of hydrogen-bond acceptors (Lipinski definition) is 3. The van der Waals surface area contributed by atoms with E-state index in [0.29, 0.717) is 6.61 Å². The highest BCUT2D eigenvalue weighted by atomic mass is 16.5. The van der Waals surface area contributed by atoms with Crippen molar-refractivity contribution < 1.29 is 14.6 Å². The van der Waals surface area contributed by atoms with Crippen LogP contribution in [0.3, 0.4) is 0 Å². The van der Waals surface area contributed by atoms with Gasteiger partial charge in [-0.1, -0.05) is 12.0 Å². The molecule has 3 heteroatoms. The van der Waals surface area contributed by atoms with Gasteiger partial charge in [0, 0.05) is 0 Å². The molecule has 1 atom stereocenters. The molecule has 14 heavy (non-hydrogen) atoms. The molecule has 0 heterocycles. The second kappa shape index (κ2) is 6.61. The summed E-state index contributed by atoms with van der Waals surface area (Å²) in [6.45, 7) is 7.86. The van der Waals surface area contributed by atoms with Crippen molar-refractivity contribution in [3.8, 4) is 12.3 Å². The molecular weight excluding hydrogens is 180 g/mol. The monoisotopic (exact) mass is 198 g/mol. The number of hydrogen-bond donors (Lipinski definition) is 1. The van der Waals surface area contributed by atoms with Crippen LogP contribution in [0.5, 0.6) is 0 Å². The minimum Gasteiger partial charge on any atom is -0.388 e. The van der Waals surface area contributed by atoms with Gasteiger partial charge in [-0.05, 0) is 13.8 Å². The number of ether oxygens (including phenoxy) is 2. The van der Waals surface area contributed by atoms with Gasteiger partial charge < -0.3 is 14.6 Å².